The van der Waals surface area contributed by atoms with Crippen molar-refractivity contribution >= 4 is 23.3 Å². The van der Waals surface area contributed by atoms with Crippen LogP contribution in [0.15, 0.2) is 26.8 Å². The number of hydrogen-bond donors (Lipinski definition) is 1. The van der Waals surface area contributed by atoms with E-state index in [-0.39, 0.29) is 5.56 Å². The van der Waals surface area contributed by atoms with Gasteiger partial charge in [-0.2, -0.15) is 10.1 Å². The Labute approximate surface area is 150 Å². The van der Waals surface area contributed by atoms with Crippen LogP contribution in [0.4, 0.5) is 5.95 Å². The van der Waals surface area contributed by atoms with Crippen LogP contribution in [0.1, 0.15) is 22.3 Å². The van der Waals surface area contributed by atoms with Crippen molar-refractivity contribution in [3.05, 3.63) is 55.2 Å². The summed E-state index contributed by atoms with van der Waals surface area (Å²) in [6.07, 6.45) is 1.74. The standard InChI is InChI=1S/C18H22N6O2/c1-10-7-11(2)13(12(3)8-10)9-19-21-17-20-15-14(22(17)4)16(25)24(6)18(26)23(15)5/h7-9H,1-6H3,(H,20,21)/b19-9-. The van der Waals surface area contributed by atoms with Gasteiger partial charge in [0, 0.05) is 26.7 Å². The van der Waals surface area contributed by atoms with Crippen molar-refractivity contribution in [3.8, 4) is 0 Å². The topological polar surface area (TPSA) is 86.2 Å². The molecule has 0 amide bonds. The van der Waals surface area contributed by atoms with E-state index in [1.54, 1.807) is 24.9 Å². The Balaban J connectivity index is 2.02. The third kappa shape index (κ3) is 2.73. The number of benzene rings is 1. The van der Waals surface area contributed by atoms with Gasteiger partial charge >= 0.3 is 5.69 Å². The van der Waals surface area contributed by atoms with Crippen molar-refractivity contribution in [1.29, 1.82) is 0 Å². The number of hydrogen-bond acceptors (Lipinski definition) is 5. The number of aromatic nitrogens is 4. The highest BCUT2D eigenvalue weighted by molar-refractivity contribution is 5.84. The molecule has 3 rings (SSSR count). The molecule has 0 spiro atoms. The van der Waals surface area contributed by atoms with Crippen molar-refractivity contribution in [1.82, 2.24) is 18.7 Å². The second kappa shape index (κ2) is 6.29. The summed E-state index contributed by atoms with van der Waals surface area (Å²) in [5.74, 6) is 0.386. The molecule has 0 saturated heterocycles. The van der Waals surface area contributed by atoms with Gasteiger partial charge in [0.15, 0.2) is 11.2 Å². The van der Waals surface area contributed by atoms with E-state index in [1.165, 1.54) is 17.2 Å². The van der Waals surface area contributed by atoms with Crippen molar-refractivity contribution in [2.45, 2.75) is 20.8 Å². The third-order valence-electron chi connectivity index (χ3n) is 4.57. The average molecular weight is 354 g/mol. The zero-order chi connectivity index (χ0) is 19.2. The second-order valence-corrected chi connectivity index (χ2v) is 6.55. The first-order valence-electron chi connectivity index (χ1n) is 8.21. The fourth-order valence-corrected chi connectivity index (χ4v) is 3.17. The first kappa shape index (κ1) is 17.7. The quantitative estimate of drug-likeness (QED) is 0.568. The summed E-state index contributed by atoms with van der Waals surface area (Å²) in [6, 6.07) is 4.20. The summed E-state index contributed by atoms with van der Waals surface area (Å²) in [5, 5.41) is 4.27. The summed E-state index contributed by atoms with van der Waals surface area (Å²) in [6.45, 7) is 6.13. The van der Waals surface area contributed by atoms with Gasteiger partial charge in [-0.15, -0.1) is 0 Å². The molecule has 0 unspecified atom stereocenters. The van der Waals surface area contributed by atoms with Crippen LogP contribution in [-0.4, -0.2) is 24.9 Å². The molecule has 1 N–H and O–H groups in total. The maximum Gasteiger partial charge on any atom is 0.332 e. The number of anilines is 1. The number of nitrogens with zero attached hydrogens (tertiary/aromatic N) is 5. The van der Waals surface area contributed by atoms with Crippen LogP contribution in [0.5, 0.6) is 0 Å². The van der Waals surface area contributed by atoms with Gasteiger partial charge in [-0.3, -0.25) is 13.9 Å². The summed E-state index contributed by atoms with van der Waals surface area (Å²) in [4.78, 5) is 28.8. The van der Waals surface area contributed by atoms with Crippen LogP contribution in [0.25, 0.3) is 11.2 Å². The van der Waals surface area contributed by atoms with E-state index in [1.807, 2.05) is 13.8 Å². The minimum absolute atomic E-state index is 0.320. The molecule has 0 aliphatic rings. The summed E-state index contributed by atoms with van der Waals surface area (Å²) in [7, 11) is 4.75. The minimum atomic E-state index is -0.415. The van der Waals surface area contributed by atoms with Gasteiger partial charge in [0.25, 0.3) is 5.56 Å². The number of imidazole rings is 1. The number of nitrogens with one attached hydrogen (secondary N) is 1. The van der Waals surface area contributed by atoms with Gasteiger partial charge in [-0.05, 0) is 31.9 Å². The maximum atomic E-state index is 12.4. The minimum Gasteiger partial charge on any atom is -0.306 e. The second-order valence-electron chi connectivity index (χ2n) is 6.55. The third-order valence-corrected chi connectivity index (χ3v) is 4.57. The van der Waals surface area contributed by atoms with Crippen LogP contribution in [0, 0.1) is 20.8 Å². The highest BCUT2D eigenvalue weighted by atomic mass is 16.2. The molecule has 0 aliphatic carbocycles. The molecule has 3 aromatic rings. The molecule has 8 nitrogen and oxygen atoms in total. The molecule has 0 fully saturated rings. The Morgan fingerprint density at radius 3 is 2.23 bits per heavy atom. The van der Waals surface area contributed by atoms with Gasteiger partial charge in [0.2, 0.25) is 5.95 Å². The lowest BCUT2D eigenvalue weighted by molar-refractivity contribution is 0.705. The fourth-order valence-electron chi connectivity index (χ4n) is 3.17. The zero-order valence-electron chi connectivity index (χ0n) is 15.8. The predicted molar refractivity (Wildman–Crippen MR) is 103 cm³/mol. The summed E-state index contributed by atoms with van der Waals surface area (Å²) in [5.41, 5.74) is 7.24. The van der Waals surface area contributed by atoms with E-state index in [2.05, 4.69) is 34.6 Å². The fraction of sp³-hybridized carbons (Fsp3) is 0.333. The maximum absolute atomic E-state index is 12.4. The molecule has 8 heteroatoms. The van der Waals surface area contributed by atoms with E-state index in [4.69, 9.17) is 0 Å². The lowest BCUT2D eigenvalue weighted by atomic mass is 10.0. The van der Waals surface area contributed by atoms with Crippen molar-refractivity contribution in [2.75, 3.05) is 5.43 Å². The molecule has 0 aliphatic heterocycles. The molecule has 2 heterocycles. The van der Waals surface area contributed by atoms with Gasteiger partial charge < -0.3 is 4.57 Å². The predicted octanol–water partition coefficient (Wildman–Crippen LogP) is 1.34. The SMILES string of the molecule is Cc1cc(C)c(/C=N\Nc2nc3c(c(=O)n(C)c(=O)n3C)n2C)c(C)c1. The van der Waals surface area contributed by atoms with Crippen LogP contribution >= 0.6 is 0 Å². The van der Waals surface area contributed by atoms with E-state index < -0.39 is 5.69 Å². The number of hydrazone groups is 1. The first-order chi connectivity index (χ1) is 12.2. The van der Waals surface area contributed by atoms with Crippen molar-refractivity contribution < 1.29 is 0 Å². The molecular formula is C18H22N6O2. The van der Waals surface area contributed by atoms with E-state index in [9.17, 15) is 9.59 Å². The van der Waals surface area contributed by atoms with Crippen LogP contribution in [0.3, 0.4) is 0 Å². The lowest BCUT2D eigenvalue weighted by Gasteiger charge is -2.06. The van der Waals surface area contributed by atoms with Crippen LogP contribution in [-0.2, 0) is 21.1 Å². The normalized spacial score (nSPS) is 11.6. The monoisotopic (exact) mass is 354 g/mol. The molecular weight excluding hydrogens is 332 g/mol. The Kier molecular flexibility index (Phi) is 4.27. The number of rotatable bonds is 3. The van der Waals surface area contributed by atoms with Crippen LogP contribution < -0.4 is 16.7 Å². The highest BCUT2D eigenvalue weighted by Crippen LogP contribution is 2.15. The Morgan fingerprint density at radius 2 is 1.62 bits per heavy atom. The van der Waals surface area contributed by atoms with E-state index in [0.29, 0.717) is 17.1 Å². The van der Waals surface area contributed by atoms with Crippen LogP contribution in [0.2, 0.25) is 0 Å². The highest BCUT2D eigenvalue weighted by Gasteiger charge is 2.16. The lowest BCUT2D eigenvalue weighted by Crippen LogP contribution is -2.37. The van der Waals surface area contributed by atoms with Gasteiger partial charge in [-0.1, -0.05) is 17.7 Å². The van der Waals surface area contributed by atoms with Crippen molar-refractivity contribution in [3.63, 3.8) is 0 Å². The van der Waals surface area contributed by atoms with E-state index >= 15 is 0 Å². The van der Waals surface area contributed by atoms with E-state index in [0.717, 1.165) is 21.3 Å². The summed E-state index contributed by atoms with van der Waals surface area (Å²) < 4.78 is 4.01. The average Bonchev–Trinajstić information content (AvgIpc) is 2.90. The smallest absolute Gasteiger partial charge is 0.306 e. The molecule has 0 atom stereocenters. The van der Waals surface area contributed by atoms with Gasteiger partial charge in [0.05, 0.1) is 6.21 Å². The number of aryl methyl sites for hydroxylation is 5. The largest absolute Gasteiger partial charge is 0.332 e. The molecule has 26 heavy (non-hydrogen) atoms. The Bertz CT molecular complexity index is 1140. The molecule has 0 bridgehead atoms. The Morgan fingerprint density at radius 1 is 1.00 bits per heavy atom. The number of fused-ring (bicyclic) bond motifs is 1. The zero-order valence-corrected chi connectivity index (χ0v) is 15.8. The molecule has 2 aromatic heterocycles. The molecule has 136 valence electrons. The first-order valence-corrected chi connectivity index (χ1v) is 8.21. The van der Waals surface area contributed by atoms with Crippen molar-refractivity contribution in [2.24, 2.45) is 26.2 Å². The molecule has 0 radical (unpaired) electrons. The Hall–Kier alpha value is -3.16. The summed E-state index contributed by atoms with van der Waals surface area (Å²) >= 11 is 0. The van der Waals surface area contributed by atoms with Gasteiger partial charge in [-0.25, -0.2) is 10.2 Å². The molecule has 0 saturated carbocycles. The molecule has 1 aromatic carbocycles. The van der Waals surface area contributed by atoms with Gasteiger partial charge in [0.1, 0.15) is 0 Å².